The molecule has 0 spiro atoms. The van der Waals surface area contributed by atoms with Gasteiger partial charge in [0.05, 0.1) is 6.26 Å². The summed E-state index contributed by atoms with van der Waals surface area (Å²) in [6, 6.07) is 1.17. The molecular formula is C11H22N2O2S2. The van der Waals surface area contributed by atoms with Gasteiger partial charge in [-0.1, -0.05) is 0 Å². The van der Waals surface area contributed by atoms with Crippen LogP contribution in [-0.4, -0.2) is 55.7 Å². The van der Waals surface area contributed by atoms with E-state index < -0.39 is 10.0 Å². The predicted octanol–water partition coefficient (Wildman–Crippen LogP) is 0.896. The average Bonchev–Trinajstić information content (AvgIpc) is 2.30. The first-order valence-electron chi connectivity index (χ1n) is 6.34. The monoisotopic (exact) mass is 278 g/mol. The third-order valence-corrected chi connectivity index (χ3v) is 5.97. The molecule has 2 rings (SSSR count). The molecule has 2 fully saturated rings. The van der Waals surface area contributed by atoms with E-state index in [9.17, 15) is 8.42 Å². The van der Waals surface area contributed by atoms with Crippen LogP contribution in [0.1, 0.15) is 25.7 Å². The fraction of sp³-hybridized carbons (Fsp3) is 1.00. The van der Waals surface area contributed by atoms with Crippen molar-refractivity contribution in [2.45, 2.75) is 37.8 Å². The van der Waals surface area contributed by atoms with Crippen molar-refractivity contribution < 1.29 is 8.42 Å². The second kappa shape index (κ2) is 5.91. The maximum atomic E-state index is 11.4. The van der Waals surface area contributed by atoms with E-state index in [0.29, 0.717) is 25.2 Å². The van der Waals surface area contributed by atoms with Gasteiger partial charge in [-0.3, -0.25) is 0 Å². The fourth-order valence-corrected chi connectivity index (χ4v) is 4.53. The fourth-order valence-electron chi connectivity index (χ4n) is 2.55. The number of thioether (sulfide) groups is 1. The number of nitrogens with zero attached hydrogens (tertiary/aromatic N) is 1. The first kappa shape index (κ1) is 13.6. The molecule has 0 aromatic carbocycles. The summed E-state index contributed by atoms with van der Waals surface area (Å²) in [7, 11) is -2.98. The minimum Gasteiger partial charge on any atom is -0.311 e. The summed E-state index contributed by atoms with van der Waals surface area (Å²) < 4.78 is 24.4. The Hall–Kier alpha value is 0.220. The first-order valence-corrected chi connectivity index (χ1v) is 9.35. The first-order chi connectivity index (χ1) is 8.05. The van der Waals surface area contributed by atoms with Gasteiger partial charge in [0.2, 0.25) is 10.0 Å². The molecular weight excluding hydrogens is 256 g/mol. The van der Waals surface area contributed by atoms with Crippen molar-refractivity contribution in [3.63, 3.8) is 0 Å². The zero-order chi connectivity index (χ0) is 12.3. The Bertz CT molecular complexity index is 331. The lowest BCUT2D eigenvalue weighted by Gasteiger charge is -2.34. The summed E-state index contributed by atoms with van der Waals surface area (Å²) in [5, 5.41) is 3.69. The smallest absolute Gasteiger partial charge is 0.211 e. The Morgan fingerprint density at radius 3 is 2.12 bits per heavy atom. The predicted molar refractivity (Wildman–Crippen MR) is 72.9 cm³/mol. The Labute approximate surface area is 109 Å². The van der Waals surface area contributed by atoms with Crippen LogP contribution < -0.4 is 5.32 Å². The lowest BCUT2D eigenvalue weighted by molar-refractivity contribution is 0.269. The van der Waals surface area contributed by atoms with E-state index in [1.165, 1.54) is 30.6 Å². The second-order valence-corrected chi connectivity index (χ2v) is 8.20. The molecule has 2 saturated heterocycles. The van der Waals surface area contributed by atoms with Gasteiger partial charge in [0.15, 0.2) is 0 Å². The molecule has 4 nitrogen and oxygen atoms in total. The molecule has 0 amide bonds. The van der Waals surface area contributed by atoms with Crippen LogP contribution in [-0.2, 0) is 10.0 Å². The van der Waals surface area contributed by atoms with Gasteiger partial charge in [-0.25, -0.2) is 12.7 Å². The highest BCUT2D eigenvalue weighted by atomic mass is 32.2. The lowest BCUT2D eigenvalue weighted by atomic mass is 10.0. The van der Waals surface area contributed by atoms with Crippen LogP contribution in [0.25, 0.3) is 0 Å². The normalized spacial score (nSPS) is 26.2. The van der Waals surface area contributed by atoms with Gasteiger partial charge in [0.1, 0.15) is 0 Å². The average molecular weight is 278 g/mol. The number of hydrogen-bond acceptors (Lipinski definition) is 4. The minimum absolute atomic E-state index is 0.515. The van der Waals surface area contributed by atoms with Gasteiger partial charge in [0.25, 0.3) is 0 Å². The van der Waals surface area contributed by atoms with Crippen LogP contribution in [0.5, 0.6) is 0 Å². The number of rotatable bonds is 3. The van der Waals surface area contributed by atoms with E-state index in [0.717, 1.165) is 12.8 Å². The molecule has 6 heteroatoms. The highest BCUT2D eigenvalue weighted by Crippen LogP contribution is 2.20. The van der Waals surface area contributed by atoms with Crippen molar-refractivity contribution in [2.75, 3.05) is 30.9 Å². The summed E-state index contributed by atoms with van der Waals surface area (Å²) in [4.78, 5) is 0. The Kier molecular flexibility index (Phi) is 4.74. The van der Waals surface area contributed by atoms with Crippen molar-refractivity contribution in [1.29, 1.82) is 0 Å². The molecule has 0 aromatic rings. The molecule has 0 saturated carbocycles. The Morgan fingerprint density at radius 2 is 1.59 bits per heavy atom. The zero-order valence-corrected chi connectivity index (χ0v) is 12.0. The van der Waals surface area contributed by atoms with Crippen LogP contribution in [0.15, 0.2) is 0 Å². The van der Waals surface area contributed by atoms with E-state index >= 15 is 0 Å². The molecule has 0 atom stereocenters. The summed E-state index contributed by atoms with van der Waals surface area (Å²) >= 11 is 2.04. The maximum Gasteiger partial charge on any atom is 0.211 e. The lowest BCUT2D eigenvalue weighted by Crippen LogP contribution is -2.48. The summed E-state index contributed by atoms with van der Waals surface area (Å²) in [6.45, 7) is 1.36. The quantitative estimate of drug-likeness (QED) is 0.833. The van der Waals surface area contributed by atoms with Crippen LogP contribution in [0.2, 0.25) is 0 Å². The van der Waals surface area contributed by atoms with Gasteiger partial charge < -0.3 is 5.32 Å². The molecule has 100 valence electrons. The van der Waals surface area contributed by atoms with Crippen LogP contribution in [0.3, 0.4) is 0 Å². The van der Waals surface area contributed by atoms with Crippen LogP contribution in [0.4, 0.5) is 0 Å². The van der Waals surface area contributed by atoms with Gasteiger partial charge in [0, 0.05) is 25.2 Å². The van der Waals surface area contributed by atoms with E-state index in [1.54, 1.807) is 4.31 Å². The molecule has 0 unspecified atom stereocenters. The largest absolute Gasteiger partial charge is 0.311 e. The molecule has 2 aliphatic heterocycles. The van der Waals surface area contributed by atoms with E-state index in [-0.39, 0.29) is 0 Å². The molecule has 2 heterocycles. The highest BCUT2D eigenvalue weighted by molar-refractivity contribution is 7.99. The van der Waals surface area contributed by atoms with E-state index in [4.69, 9.17) is 0 Å². The Balaban J connectivity index is 1.75. The molecule has 0 bridgehead atoms. The highest BCUT2D eigenvalue weighted by Gasteiger charge is 2.26. The molecule has 0 aliphatic carbocycles. The van der Waals surface area contributed by atoms with Gasteiger partial charge in [-0.05, 0) is 37.2 Å². The zero-order valence-electron chi connectivity index (χ0n) is 10.4. The van der Waals surface area contributed by atoms with Gasteiger partial charge >= 0.3 is 0 Å². The van der Waals surface area contributed by atoms with Crippen molar-refractivity contribution in [3.8, 4) is 0 Å². The second-order valence-electron chi connectivity index (χ2n) is 4.99. The molecule has 0 aromatic heterocycles. The Morgan fingerprint density at radius 1 is 1.06 bits per heavy atom. The number of nitrogens with one attached hydrogen (secondary N) is 1. The van der Waals surface area contributed by atoms with Crippen molar-refractivity contribution in [3.05, 3.63) is 0 Å². The summed E-state index contributed by atoms with van der Waals surface area (Å²) in [5.74, 6) is 2.53. The van der Waals surface area contributed by atoms with Crippen molar-refractivity contribution in [1.82, 2.24) is 9.62 Å². The van der Waals surface area contributed by atoms with Gasteiger partial charge in [-0.15, -0.1) is 0 Å². The third kappa shape index (κ3) is 4.12. The number of hydrogen-bond donors (Lipinski definition) is 1. The number of sulfonamides is 1. The maximum absolute atomic E-state index is 11.4. The number of piperidine rings is 1. The van der Waals surface area contributed by atoms with Crippen LogP contribution in [0, 0.1) is 0 Å². The summed E-state index contributed by atoms with van der Waals surface area (Å²) in [6.07, 6.45) is 5.74. The molecule has 0 radical (unpaired) electrons. The summed E-state index contributed by atoms with van der Waals surface area (Å²) in [5.41, 5.74) is 0. The van der Waals surface area contributed by atoms with E-state index in [1.807, 2.05) is 11.8 Å². The third-order valence-electron chi connectivity index (χ3n) is 3.62. The topological polar surface area (TPSA) is 49.4 Å². The van der Waals surface area contributed by atoms with Crippen molar-refractivity contribution in [2.24, 2.45) is 0 Å². The van der Waals surface area contributed by atoms with E-state index in [2.05, 4.69) is 5.32 Å². The minimum atomic E-state index is -2.98. The van der Waals surface area contributed by atoms with Crippen LogP contribution >= 0.6 is 11.8 Å². The standard InChI is InChI=1S/C11H22N2O2S2/c1-17(14,15)13-6-2-10(3-7-13)12-11-4-8-16-9-5-11/h10-12H,2-9H2,1H3. The SMILES string of the molecule is CS(=O)(=O)N1CCC(NC2CCSCC2)CC1. The molecule has 1 N–H and O–H groups in total. The van der Waals surface area contributed by atoms with Gasteiger partial charge in [-0.2, -0.15) is 11.8 Å². The molecule has 2 aliphatic rings. The molecule has 17 heavy (non-hydrogen) atoms. The van der Waals surface area contributed by atoms with Crippen molar-refractivity contribution >= 4 is 21.8 Å².